The van der Waals surface area contributed by atoms with Crippen molar-refractivity contribution in [3.63, 3.8) is 0 Å². The summed E-state index contributed by atoms with van der Waals surface area (Å²) in [6.07, 6.45) is 2.53. The predicted octanol–water partition coefficient (Wildman–Crippen LogP) is 1.91. The Morgan fingerprint density at radius 1 is 0.917 bits per heavy atom. The SMILES string of the molecule is [SiH3]OC(CCCl)(CCCl)CCCl. The minimum atomic E-state index is -0.141. The van der Waals surface area contributed by atoms with Gasteiger partial charge in [0.15, 0.2) is 0 Å². The summed E-state index contributed by atoms with van der Waals surface area (Å²) in [6.45, 7) is 0. The van der Waals surface area contributed by atoms with Crippen LogP contribution in [0.1, 0.15) is 19.3 Å². The van der Waals surface area contributed by atoms with Gasteiger partial charge >= 0.3 is 0 Å². The summed E-state index contributed by atoms with van der Waals surface area (Å²) < 4.78 is 5.54. The first-order chi connectivity index (χ1) is 5.74. The van der Waals surface area contributed by atoms with Gasteiger partial charge < -0.3 is 4.43 Å². The standard InChI is InChI=1S/C7H15Cl3OSi/c8-4-1-7(11-12,2-5-9)3-6-10/h1-6H2,12H3. The average Bonchev–Trinajstić information content (AvgIpc) is 2.06. The number of hydrogen-bond acceptors (Lipinski definition) is 1. The molecule has 0 saturated carbocycles. The van der Waals surface area contributed by atoms with Crippen LogP contribution in [0.25, 0.3) is 0 Å². The van der Waals surface area contributed by atoms with Gasteiger partial charge in [0.05, 0.1) is 5.60 Å². The maximum Gasteiger partial charge on any atom is 0.146 e. The van der Waals surface area contributed by atoms with Crippen molar-refractivity contribution in [3.8, 4) is 0 Å². The largest absolute Gasteiger partial charge is 0.422 e. The van der Waals surface area contributed by atoms with Crippen LogP contribution in [0.4, 0.5) is 0 Å². The fraction of sp³-hybridized carbons (Fsp3) is 1.00. The van der Waals surface area contributed by atoms with Crippen LogP contribution in [0.5, 0.6) is 0 Å². The van der Waals surface area contributed by atoms with Crippen LogP contribution in [0, 0.1) is 0 Å². The van der Waals surface area contributed by atoms with E-state index < -0.39 is 0 Å². The van der Waals surface area contributed by atoms with E-state index in [2.05, 4.69) is 0 Å². The molecule has 12 heavy (non-hydrogen) atoms. The Bertz CT molecular complexity index is 95.8. The molecule has 1 nitrogen and oxygen atoms in total. The van der Waals surface area contributed by atoms with Crippen LogP contribution < -0.4 is 0 Å². The molecule has 0 aromatic carbocycles. The van der Waals surface area contributed by atoms with Crippen molar-refractivity contribution in [1.82, 2.24) is 0 Å². The van der Waals surface area contributed by atoms with Gasteiger partial charge in [-0.15, -0.1) is 34.8 Å². The minimum absolute atomic E-state index is 0.141. The van der Waals surface area contributed by atoms with Crippen LogP contribution >= 0.6 is 34.8 Å². The maximum absolute atomic E-state index is 5.69. The lowest BCUT2D eigenvalue weighted by Crippen LogP contribution is -2.33. The van der Waals surface area contributed by atoms with E-state index in [9.17, 15) is 0 Å². The Kier molecular flexibility index (Phi) is 8.10. The van der Waals surface area contributed by atoms with E-state index in [0.29, 0.717) is 28.1 Å². The third-order valence-electron chi connectivity index (χ3n) is 2.08. The second kappa shape index (κ2) is 7.45. The molecule has 0 spiro atoms. The van der Waals surface area contributed by atoms with Gasteiger partial charge in [0.1, 0.15) is 10.5 Å². The van der Waals surface area contributed by atoms with Crippen molar-refractivity contribution in [3.05, 3.63) is 0 Å². The van der Waals surface area contributed by atoms with E-state index in [1.165, 1.54) is 0 Å². The Balaban J connectivity index is 4.06. The zero-order valence-corrected chi connectivity index (χ0v) is 11.6. The lowest BCUT2D eigenvalue weighted by atomic mass is 9.94. The molecule has 0 N–H and O–H groups in total. The highest BCUT2D eigenvalue weighted by atomic mass is 35.5. The highest BCUT2D eigenvalue weighted by Gasteiger charge is 2.26. The molecule has 0 aliphatic rings. The highest BCUT2D eigenvalue weighted by Crippen LogP contribution is 2.25. The van der Waals surface area contributed by atoms with Gasteiger partial charge in [-0.1, -0.05) is 0 Å². The first-order valence-electron chi connectivity index (χ1n) is 3.97. The van der Waals surface area contributed by atoms with E-state index in [-0.39, 0.29) is 5.60 Å². The van der Waals surface area contributed by atoms with Crippen LogP contribution in [0.15, 0.2) is 0 Å². The molecule has 74 valence electrons. The van der Waals surface area contributed by atoms with Crippen molar-refractivity contribution >= 4 is 45.3 Å². The summed E-state index contributed by atoms with van der Waals surface area (Å²) in [4.78, 5) is 0. The molecule has 0 bridgehead atoms. The van der Waals surface area contributed by atoms with Crippen LogP contribution in [0.2, 0.25) is 0 Å². The van der Waals surface area contributed by atoms with Crippen molar-refractivity contribution in [2.45, 2.75) is 24.9 Å². The van der Waals surface area contributed by atoms with E-state index >= 15 is 0 Å². The van der Waals surface area contributed by atoms with Crippen molar-refractivity contribution < 1.29 is 4.43 Å². The van der Waals surface area contributed by atoms with Gasteiger partial charge in [0, 0.05) is 17.6 Å². The molecular formula is C7H15Cl3OSi. The van der Waals surface area contributed by atoms with Crippen LogP contribution in [-0.4, -0.2) is 33.7 Å². The average molecular weight is 250 g/mol. The monoisotopic (exact) mass is 248 g/mol. The lowest BCUT2D eigenvalue weighted by molar-refractivity contribution is 0.0696. The van der Waals surface area contributed by atoms with E-state index in [4.69, 9.17) is 39.2 Å². The normalized spacial score (nSPS) is 12.2. The first kappa shape index (κ1) is 13.0. The Morgan fingerprint density at radius 2 is 1.25 bits per heavy atom. The molecule has 0 atom stereocenters. The summed E-state index contributed by atoms with van der Waals surface area (Å²) in [6, 6.07) is 0. The molecule has 0 aliphatic carbocycles. The van der Waals surface area contributed by atoms with Gasteiger partial charge in [0.25, 0.3) is 0 Å². The Morgan fingerprint density at radius 3 is 1.42 bits per heavy atom. The molecule has 0 radical (unpaired) electrons. The first-order valence-corrected chi connectivity index (χ1v) is 6.39. The summed E-state index contributed by atoms with van der Waals surface area (Å²) in [5, 5.41) is 0. The fourth-order valence-corrected chi connectivity index (χ4v) is 2.84. The molecule has 0 aromatic rings. The number of alkyl halides is 3. The van der Waals surface area contributed by atoms with Gasteiger partial charge in [0.2, 0.25) is 0 Å². The van der Waals surface area contributed by atoms with Crippen LogP contribution in [0.3, 0.4) is 0 Å². The molecule has 0 rings (SSSR count). The van der Waals surface area contributed by atoms with Crippen LogP contribution in [-0.2, 0) is 4.43 Å². The molecule has 0 aromatic heterocycles. The molecule has 0 fully saturated rings. The smallest absolute Gasteiger partial charge is 0.146 e. The molecule has 5 heteroatoms. The fourth-order valence-electron chi connectivity index (χ4n) is 1.20. The molecule has 0 amide bonds. The van der Waals surface area contributed by atoms with E-state index in [1.807, 2.05) is 0 Å². The third-order valence-corrected chi connectivity index (χ3v) is 3.52. The molecule has 0 heterocycles. The summed E-state index contributed by atoms with van der Waals surface area (Å²) in [5.74, 6) is 1.82. The minimum Gasteiger partial charge on any atom is -0.422 e. The predicted molar refractivity (Wildman–Crippen MR) is 59.8 cm³/mol. The molecule has 0 unspecified atom stereocenters. The topological polar surface area (TPSA) is 9.23 Å². The van der Waals surface area contributed by atoms with Crippen molar-refractivity contribution in [1.29, 1.82) is 0 Å². The van der Waals surface area contributed by atoms with Gasteiger partial charge in [-0.05, 0) is 19.3 Å². The quantitative estimate of drug-likeness (QED) is 0.495. The van der Waals surface area contributed by atoms with Crippen molar-refractivity contribution in [2.24, 2.45) is 0 Å². The summed E-state index contributed by atoms with van der Waals surface area (Å²) in [7, 11) is 0.713. The molecular weight excluding hydrogens is 235 g/mol. The Hall–Kier alpha value is 1.05. The lowest BCUT2D eigenvalue weighted by Gasteiger charge is -2.31. The second-order valence-electron chi connectivity index (χ2n) is 2.70. The number of halogens is 3. The van der Waals surface area contributed by atoms with E-state index in [0.717, 1.165) is 19.3 Å². The highest BCUT2D eigenvalue weighted by molar-refractivity contribution is 6.18. The maximum atomic E-state index is 5.69. The van der Waals surface area contributed by atoms with E-state index in [1.54, 1.807) is 0 Å². The molecule has 0 aliphatic heterocycles. The zero-order chi connectivity index (χ0) is 9.45. The van der Waals surface area contributed by atoms with Gasteiger partial charge in [-0.25, -0.2) is 0 Å². The number of hydrogen-bond donors (Lipinski definition) is 0. The molecule has 0 saturated heterocycles. The van der Waals surface area contributed by atoms with Gasteiger partial charge in [-0.3, -0.25) is 0 Å². The van der Waals surface area contributed by atoms with Crippen molar-refractivity contribution in [2.75, 3.05) is 17.6 Å². The number of rotatable bonds is 7. The Labute approximate surface area is 92.2 Å². The summed E-state index contributed by atoms with van der Waals surface area (Å²) in [5.41, 5.74) is -0.141. The zero-order valence-electron chi connectivity index (χ0n) is 7.28. The summed E-state index contributed by atoms with van der Waals surface area (Å²) >= 11 is 17.1. The van der Waals surface area contributed by atoms with Gasteiger partial charge in [-0.2, -0.15) is 0 Å². The third kappa shape index (κ3) is 4.33. The second-order valence-corrected chi connectivity index (χ2v) is 4.25.